The van der Waals surface area contributed by atoms with Gasteiger partial charge in [-0.3, -0.25) is 0 Å². The van der Waals surface area contributed by atoms with Gasteiger partial charge in [0.05, 0.1) is 5.02 Å². The molecule has 0 aliphatic rings. The topological polar surface area (TPSA) is 39.2 Å². The summed E-state index contributed by atoms with van der Waals surface area (Å²) in [7, 11) is 0. The van der Waals surface area contributed by atoms with Crippen molar-refractivity contribution in [3.8, 4) is 22.8 Å². The number of rotatable bonds is 7. The lowest BCUT2D eigenvalue weighted by atomic mass is 10.0. The molecule has 1 atom stereocenters. The van der Waals surface area contributed by atoms with E-state index in [9.17, 15) is 4.79 Å². The second-order valence-electron chi connectivity index (χ2n) is 7.29. The average Bonchev–Trinajstić information content (AvgIpc) is 2.69. The molecule has 1 aromatic heterocycles. The molecule has 1 heterocycles. The molecule has 0 saturated heterocycles. The number of Topliss-reactive ketones (excluding diaryl/α,β-unsaturated/α-hetero) is 1. The number of aromatic nitrogens is 1. The number of nitrogens with zero attached hydrogens (tertiary/aromatic N) is 1. The van der Waals surface area contributed by atoms with Crippen LogP contribution in [0.2, 0.25) is 5.02 Å². The van der Waals surface area contributed by atoms with E-state index in [4.69, 9.17) is 16.3 Å². The third-order valence-electron chi connectivity index (χ3n) is 4.52. The van der Waals surface area contributed by atoms with Gasteiger partial charge >= 0.3 is 0 Å². The first-order valence-electron chi connectivity index (χ1n) is 9.59. The molecule has 0 aliphatic carbocycles. The van der Waals surface area contributed by atoms with E-state index in [1.54, 1.807) is 19.2 Å². The van der Waals surface area contributed by atoms with Crippen molar-refractivity contribution in [1.82, 2.24) is 4.98 Å². The van der Waals surface area contributed by atoms with Crippen molar-refractivity contribution in [2.45, 2.75) is 27.2 Å². The van der Waals surface area contributed by atoms with Crippen LogP contribution in [0.3, 0.4) is 0 Å². The van der Waals surface area contributed by atoms with Crippen LogP contribution in [0, 0.1) is 12.8 Å². The van der Waals surface area contributed by atoms with Crippen LogP contribution in [-0.4, -0.2) is 10.8 Å². The molecule has 0 bridgehead atoms. The first-order valence-corrected chi connectivity index (χ1v) is 9.96. The van der Waals surface area contributed by atoms with Gasteiger partial charge in [-0.25, -0.2) is 4.98 Å². The Morgan fingerprint density at radius 1 is 1.10 bits per heavy atom. The highest BCUT2D eigenvalue weighted by Crippen LogP contribution is 2.33. The van der Waals surface area contributed by atoms with Crippen molar-refractivity contribution in [3.05, 3.63) is 83.0 Å². The van der Waals surface area contributed by atoms with Gasteiger partial charge in [-0.15, -0.1) is 0 Å². The number of pyridine rings is 1. The van der Waals surface area contributed by atoms with Crippen LogP contribution < -0.4 is 4.74 Å². The van der Waals surface area contributed by atoms with Gasteiger partial charge in [0.2, 0.25) is 5.88 Å². The van der Waals surface area contributed by atoms with Crippen LogP contribution in [0.5, 0.6) is 11.6 Å². The Labute approximate surface area is 177 Å². The lowest BCUT2D eigenvalue weighted by Crippen LogP contribution is -1.97. The molecule has 0 saturated carbocycles. The summed E-state index contributed by atoms with van der Waals surface area (Å²) in [5.41, 5.74) is 4.32. The van der Waals surface area contributed by atoms with E-state index in [0.717, 1.165) is 16.7 Å². The summed E-state index contributed by atoms with van der Waals surface area (Å²) in [4.78, 5) is 15.5. The number of aryl methyl sites for hydroxylation is 1. The summed E-state index contributed by atoms with van der Waals surface area (Å²) in [6.07, 6.45) is 6.26. The van der Waals surface area contributed by atoms with Crippen LogP contribution >= 0.6 is 11.6 Å². The number of carbonyl (C=O) groups excluding carboxylic acids is 1. The first kappa shape index (κ1) is 20.8. The number of hydrogen-bond donors (Lipinski definition) is 0. The summed E-state index contributed by atoms with van der Waals surface area (Å²) in [5, 5.41) is 0.534. The molecule has 0 amide bonds. The smallest absolute Gasteiger partial charge is 0.219 e. The third kappa shape index (κ3) is 6.03. The maximum Gasteiger partial charge on any atom is 0.219 e. The molecule has 2 aromatic carbocycles. The molecule has 3 rings (SSSR count). The number of hydrogen-bond acceptors (Lipinski definition) is 3. The van der Waals surface area contributed by atoms with Gasteiger partial charge in [0.15, 0.2) is 0 Å². The van der Waals surface area contributed by atoms with Crippen molar-refractivity contribution in [1.29, 1.82) is 0 Å². The number of benzene rings is 2. The minimum Gasteiger partial charge on any atom is -0.437 e. The monoisotopic (exact) mass is 405 g/mol. The van der Waals surface area contributed by atoms with Gasteiger partial charge in [-0.2, -0.15) is 0 Å². The Bertz CT molecular complexity index is 1010. The molecule has 0 radical (unpaired) electrons. The van der Waals surface area contributed by atoms with Gasteiger partial charge < -0.3 is 9.53 Å². The van der Waals surface area contributed by atoms with Crippen molar-refractivity contribution >= 4 is 23.5 Å². The van der Waals surface area contributed by atoms with Crippen molar-refractivity contribution < 1.29 is 9.53 Å². The fourth-order valence-electron chi connectivity index (χ4n) is 2.97. The number of ketones is 1. The van der Waals surface area contributed by atoms with Crippen molar-refractivity contribution in [3.63, 3.8) is 0 Å². The molecule has 29 heavy (non-hydrogen) atoms. The van der Waals surface area contributed by atoms with Gasteiger partial charge in [0.1, 0.15) is 11.5 Å². The van der Waals surface area contributed by atoms with E-state index in [1.165, 1.54) is 5.56 Å². The Kier molecular flexibility index (Phi) is 6.84. The Hall–Kier alpha value is -2.91. The summed E-state index contributed by atoms with van der Waals surface area (Å²) >= 11 is 6.43. The second kappa shape index (κ2) is 9.53. The van der Waals surface area contributed by atoms with E-state index < -0.39 is 0 Å². The molecule has 0 N–H and O–H groups in total. The predicted molar refractivity (Wildman–Crippen MR) is 119 cm³/mol. The second-order valence-corrected chi connectivity index (χ2v) is 7.69. The van der Waals surface area contributed by atoms with Gasteiger partial charge in [-0.1, -0.05) is 66.6 Å². The highest BCUT2D eigenvalue weighted by Gasteiger charge is 2.07. The quantitative estimate of drug-likeness (QED) is 0.419. The van der Waals surface area contributed by atoms with E-state index in [2.05, 4.69) is 36.2 Å². The van der Waals surface area contributed by atoms with Gasteiger partial charge in [0, 0.05) is 18.7 Å². The molecule has 148 valence electrons. The summed E-state index contributed by atoms with van der Waals surface area (Å²) < 4.78 is 5.84. The zero-order valence-corrected chi connectivity index (χ0v) is 17.6. The Morgan fingerprint density at radius 3 is 2.45 bits per heavy atom. The van der Waals surface area contributed by atoms with Crippen molar-refractivity contribution in [2.24, 2.45) is 5.92 Å². The summed E-state index contributed by atoms with van der Waals surface area (Å²) in [5.74, 6) is 1.43. The van der Waals surface area contributed by atoms with Crippen LogP contribution in [0.15, 0.2) is 66.9 Å². The molecule has 0 spiro atoms. The zero-order valence-electron chi connectivity index (χ0n) is 16.9. The standard InChI is InChI=1S/C25H24ClNO2/c1-17-5-9-21(10-6-17)22-11-12-24(23(26)15-22)29-25-13-8-20(16-27-25)7-4-18(2)14-19(3)28/h4-13,15-16,18H,14H2,1-3H3/b7-4+/t18-/m0/s1. The molecule has 0 fully saturated rings. The van der Waals surface area contributed by atoms with Crippen molar-refractivity contribution in [2.75, 3.05) is 0 Å². The normalized spacial score (nSPS) is 12.1. The van der Waals surface area contributed by atoms with Gasteiger partial charge in [-0.05, 0) is 54.7 Å². The number of allylic oxidation sites excluding steroid dienone is 1. The fourth-order valence-corrected chi connectivity index (χ4v) is 3.19. The molecule has 3 nitrogen and oxygen atoms in total. The molecular weight excluding hydrogens is 382 g/mol. The number of ether oxygens (including phenoxy) is 1. The summed E-state index contributed by atoms with van der Waals surface area (Å²) in [6, 6.07) is 17.8. The fraction of sp³-hybridized carbons (Fsp3) is 0.200. The number of halogens is 1. The molecule has 4 heteroatoms. The van der Waals surface area contributed by atoms with Crippen LogP contribution in [-0.2, 0) is 4.79 Å². The maximum absolute atomic E-state index is 11.2. The minimum atomic E-state index is 0.189. The van der Waals surface area contributed by atoms with Crippen LogP contribution in [0.4, 0.5) is 0 Å². The molecule has 3 aromatic rings. The highest BCUT2D eigenvalue weighted by molar-refractivity contribution is 6.32. The van der Waals surface area contributed by atoms with E-state index >= 15 is 0 Å². The van der Waals surface area contributed by atoms with E-state index in [-0.39, 0.29) is 11.7 Å². The summed E-state index contributed by atoms with van der Waals surface area (Å²) in [6.45, 7) is 5.69. The Balaban J connectivity index is 1.67. The predicted octanol–water partition coefficient (Wildman–Crippen LogP) is 7.13. The van der Waals surface area contributed by atoms with Crippen LogP contribution in [0.1, 0.15) is 31.4 Å². The molecule has 0 unspecified atom stereocenters. The first-order chi connectivity index (χ1) is 13.9. The van der Waals surface area contributed by atoms with Crippen LogP contribution in [0.25, 0.3) is 17.2 Å². The SMILES string of the molecule is CC(=O)C[C@@H](C)/C=C/c1ccc(Oc2ccc(-c3ccc(C)cc3)cc2Cl)nc1. The lowest BCUT2D eigenvalue weighted by Gasteiger charge is -2.09. The maximum atomic E-state index is 11.2. The largest absolute Gasteiger partial charge is 0.437 e. The average molecular weight is 406 g/mol. The Morgan fingerprint density at radius 2 is 1.83 bits per heavy atom. The van der Waals surface area contributed by atoms with E-state index in [0.29, 0.717) is 23.1 Å². The van der Waals surface area contributed by atoms with E-state index in [1.807, 2.05) is 43.3 Å². The highest BCUT2D eigenvalue weighted by atomic mass is 35.5. The third-order valence-corrected chi connectivity index (χ3v) is 4.81. The lowest BCUT2D eigenvalue weighted by molar-refractivity contribution is -0.117. The minimum absolute atomic E-state index is 0.189. The zero-order chi connectivity index (χ0) is 20.8. The van der Waals surface area contributed by atoms with Gasteiger partial charge in [0.25, 0.3) is 0 Å². The molecule has 0 aliphatic heterocycles. The molecular formula is C25H24ClNO2. The number of carbonyl (C=O) groups is 1.